The number of thioether (sulfide) groups is 1. The van der Waals surface area contributed by atoms with Crippen LogP contribution in [0.3, 0.4) is 0 Å². The number of rotatable bonds is 4. The number of fused-ring (bicyclic) bond motifs is 1. The van der Waals surface area contributed by atoms with Crippen LogP contribution < -0.4 is 5.73 Å². The molecule has 0 fully saturated rings. The molecule has 0 saturated heterocycles. The average molecular weight is 340 g/mol. The van der Waals surface area contributed by atoms with Crippen LogP contribution in [0.1, 0.15) is 30.5 Å². The summed E-state index contributed by atoms with van der Waals surface area (Å²) < 4.78 is 0. The molecule has 1 aliphatic carbocycles. The van der Waals surface area contributed by atoms with Gasteiger partial charge in [0.25, 0.3) is 0 Å². The zero-order valence-electron chi connectivity index (χ0n) is 14.3. The predicted octanol–water partition coefficient (Wildman–Crippen LogP) is 4.37. The molecule has 0 amide bonds. The predicted molar refractivity (Wildman–Crippen MR) is 105 cm³/mol. The van der Waals surface area contributed by atoms with E-state index in [1.54, 1.807) is 6.07 Å². The highest BCUT2D eigenvalue weighted by molar-refractivity contribution is 8.00. The summed E-state index contributed by atoms with van der Waals surface area (Å²) in [7, 11) is 0. The molecule has 0 aliphatic heterocycles. The molecule has 0 saturated carbocycles. The van der Waals surface area contributed by atoms with Crippen LogP contribution in [0.5, 0.6) is 5.75 Å². The summed E-state index contributed by atoms with van der Waals surface area (Å²) in [4.78, 5) is 0. The molecule has 2 atom stereocenters. The van der Waals surface area contributed by atoms with Gasteiger partial charge >= 0.3 is 0 Å². The molecule has 3 N–H and O–H groups in total. The third kappa shape index (κ3) is 3.52. The first-order chi connectivity index (χ1) is 11.5. The van der Waals surface area contributed by atoms with Crippen LogP contribution in [-0.4, -0.2) is 22.2 Å². The maximum atomic E-state index is 9.80. The van der Waals surface area contributed by atoms with Crippen LogP contribution >= 0.6 is 11.8 Å². The Morgan fingerprint density at radius 1 is 1.21 bits per heavy atom. The number of hydrogen-bond donors (Lipinski definition) is 2. The van der Waals surface area contributed by atoms with Crippen molar-refractivity contribution in [2.75, 3.05) is 5.75 Å². The second kappa shape index (κ2) is 7.04. The van der Waals surface area contributed by atoms with Gasteiger partial charge in [-0.25, -0.2) is 0 Å². The quantitative estimate of drug-likeness (QED) is 0.869. The first-order valence-electron chi connectivity index (χ1n) is 8.39. The fraction of sp³-hybridized carbons (Fsp3) is 0.333. The van der Waals surface area contributed by atoms with Crippen LogP contribution in [-0.2, 0) is 11.8 Å². The van der Waals surface area contributed by atoms with Gasteiger partial charge < -0.3 is 10.8 Å². The Kier molecular flexibility index (Phi) is 5.02. The molecule has 24 heavy (non-hydrogen) atoms. The van der Waals surface area contributed by atoms with Gasteiger partial charge in [-0.1, -0.05) is 62.4 Å². The van der Waals surface area contributed by atoms with Crippen LogP contribution in [0, 0.1) is 0 Å². The summed E-state index contributed by atoms with van der Waals surface area (Å²) in [5.74, 6) is 1.28. The zero-order chi connectivity index (χ0) is 17.2. The van der Waals surface area contributed by atoms with Crippen LogP contribution in [0.25, 0.3) is 6.08 Å². The van der Waals surface area contributed by atoms with Crippen LogP contribution in [0.4, 0.5) is 0 Å². The van der Waals surface area contributed by atoms with Crippen molar-refractivity contribution in [3.05, 3.63) is 71.3 Å². The van der Waals surface area contributed by atoms with E-state index in [1.165, 1.54) is 16.7 Å². The maximum Gasteiger partial charge on any atom is 0.115 e. The largest absolute Gasteiger partial charge is 0.508 e. The van der Waals surface area contributed by atoms with Crippen LogP contribution in [0.15, 0.2) is 54.6 Å². The lowest BCUT2D eigenvalue weighted by molar-refractivity contribution is 0.369. The number of nitrogens with two attached hydrogens (primary N) is 1. The molecular weight excluding hydrogens is 314 g/mol. The first-order valence-corrected chi connectivity index (χ1v) is 9.44. The van der Waals surface area contributed by atoms with E-state index >= 15 is 0 Å². The Morgan fingerprint density at radius 2 is 1.96 bits per heavy atom. The van der Waals surface area contributed by atoms with Crippen molar-refractivity contribution in [2.45, 2.75) is 37.0 Å². The summed E-state index contributed by atoms with van der Waals surface area (Å²) in [5.41, 5.74) is 10.2. The van der Waals surface area contributed by atoms with Gasteiger partial charge in [-0.3, -0.25) is 0 Å². The topological polar surface area (TPSA) is 46.2 Å². The van der Waals surface area contributed by atoms with Gasteiger partial charge in [-0.15, -0.1) is 0 Å². The van der Waals surface area contributed by atoms with Gasteiger partial charge in [0.05, 0.1) is 0 Å². The van der Waals surface area contributed by atoms with Gasteiger partial charge in [-0.2, -0.15) is 11.8 Å². The summed E-state index contributed by atoms with van der Waals surface area (Å²) in [5, 5.41) is 10.2. The lowest BCUT2D eigenvalue weighted by Gasteiger charge is -2.43. The fourth-order valence-electron chi connectivity index (χ4n) is 3.42. The van der Waals surface area contributed by atoms with Crippen molar-refractivity contribution in [1.29, 1.82) is 0 Å². The van der Waals surface area contributed by atoms with E-state index in [4.69, 9.17) is 5.73 Å². The SMILES string of the molecule is CC1(C)c2cc(O)ccc2CC(SCC=Cc2ccccc2)C1N. The van der Waals surface area contributed by atoms with E-state index in [2.05, 4.69) is 50.3 Å². The monoisotopic (exact) mass is 339 g/mol. The highest BCUT2D eigenvalue weighted by Gasteiger charge is 2.40. The van der Waals surface area contributed by atoms with E-state index in [0.29, 0.717) is 11.0 Å². The van der Waals surface area contributed by atoms with Crippen molar-refractivity contribution < 1.29 is 5.11 Å². The Labute approximate surface area is 148 Å². The van der Waals surface area contributed by atoms with Gasteiger partial charge in [-0.05, 0) is 35.2 Å². The zero-order valence-corrected chi connectivity index (χ0v) is 15.1. The second-order valence-electron chi connectivity index (χ2n) is 6.98. The van der Waals surface area contributed by atoms with Gasteiger partial charge in [0, 0.05) is 22.5 Å². The summed E-state index contributed by atoms with van der Waals surface area (Å²) in [6, 6.07) is 16.1. The fourth-order valence-corrected chi connectivity index (χ4v) is 4.72. The first kappa shape index (κ1) is 17.1. The van der Waals surface area contributed by atoms with Crippen molar-refractivity contribution in [3.8, 4) is 5.75 Å². The standard InChI is InChI=1S/C21H25NOS/c1-21(2)18-14-17(23)11-10-16(18)13-19(20(21)22)24-12-6-9-15-7-4-3-5-8-15/h3-11,14,19-20,23H,12-13,22H2,1-2H3. The lowest BCUT2D eigenvalue weighted by Crippen LogP contribution is -2.52. The van der Waals surface area contributed by atoms with Gasteiger partial charge in [0.2, 0.25) is 0 Å². The Bertz CT molecular complexity index is 724. The molecule has 0 aromatic heterocycles. The summed E-state index contributed by atoms with van der Waals surface area (Å²) >= 11 is 1.92. The molecule has 126 valence electrons. The Balaban J connectivity index is 1.69. The number of benzene rings is 2. The van der Waals surface area contributed by atoms with Gasteiger partial charge in [0.15, 0.2) is 0 Å². The molecule has 0 spiro atoms. The second-order valence-corrected chi connectivity index (χ2v) is 8.25. The third-order valence-electron chi connectivity index (χ3n) is 4.96. The molecule has 1 aliphatic rings. The molecule has 2 aromatic carbocycles. The molecule has 2 unspecified atom stereocenters. The smallest absolute Gasteiger partial charge is 0.115 e. The van der Waals surface area contributed by atoms with E-state index in [-0.39, 0.29) is 11.5 Å². The number of hydrogen-bond acceptors (Lipinski definition) is 3. The number of aromatic hydroxyl groups is 1. The highest BCUT2D eigenvalue weighted by Crippen LogP contribution is 2.41. The summed E-state index contributed by atoms with van der Waals surface area (Å²) in [6.45, 7) is 4.37. The Hall–Kier alpha value is -1.71. The molecule has 3 rings (SSSR count). The minimum atomic E-state index is -0.132. The Morgan fingerprint density at radius 3 is 2.71 bits per heavy atom. The molecule has 0 bridgehead atoms. The van der Waals surface area contributed by atoms with Crippen molar-refractivity contribution in [2.24, 2.45) is 5.73 Å². The van der Waals surface area contributed by atoms with Crippen LogP contribution in [0.2, 0.25) is 0 Å². The van der Waals surface area contributed by atoms with E-state index in [9.17, 15) is 5.11 Å². The third-order valence-corrected chi connectivity index (χ3v) is 6.23. The maximum absolute atomic E-state index is 9.80. The minimum Gasteiger partial charge on any atom is -0.508 e. The number of phenolic OH excluding ortho intramolecular Hbond substituents is 1. The highest BCUT2D eigenvalue weighted by atomic mass is 32.2. The molecular formula is C21H25NOS. The molecule has 2 aromatic rings. The molecule has 0 heterocycles. The molecule has 2 nitrogen and oxygen atoms in total. The van der Waals surface area contributed by atoms with E-state index < -0.39 is 0 Å². The lowest BCUT2D eigenvalue weighted by atomic mass is 9.69. The van der Waals surface area contributed by atoms with Crippen molar-refractivity contribution in [1.82, 2.24) is 0 Å². The molecule has 3 heteroatoms. The normalized spacial score (nSPS) is 22.5. The van der Waals surface area contributed by atoms with Crippen molar-refractivity contribution in [3.63, 3.8) is 0 Å². The van der Waals surface area contributed by atoms with E-state index in [1.807, 2.05) is 30.0 Å². The van der Waals surface area contributed by atoms with E-state index in [0.717, 1.165) is 12.2 Å². The van der Waals surface area contributed by atoms with Crippen molar-refractivity contribution >= 4 is 17.8 Å². The summed E-state index contributed by atoms with van der Waals surface area (Å²) in [6.07, 6.45) is 5.34. The average Bonchev–Trinajstić information content (AvgIpc) is 2.58. The minimum absolute atomic E-state index is 0.0712. The number of phenols is 1. The molecule has 0 radical (unpaired) electrons. The van der Waals surface area contributed by atoms with Gasteiger partial charge in [0.1, 0.15) is 5.75 Å².